The van der Waals surface area contributed by atoms with Gasteiger partial charge in [0.25, 0.3) is 5.69 Å². The number of fused-ring (bicyclic) bond motifs is 3. The Kier molecular flexibility index (Phi) is 5.83. The van der Waals surface area contributed by atoms with E-state index in [0.29, 0.717) is 19.5 Å². The van der Waals surface area contributed by atoms with Crippen molar-refractivity contribution in [1.82, 2.24) is 10.3 Å². The van der Waals surface area contributed by atoms with Crippen molar-refractivity contribution < 1.29 is 14.1 Å². The molecule has 2 aromatic carbocycles. The second kappa shape index (κ2) is 9.09. The standard InChI is InChI=1S/C25H24FN5O3/c26-19-6-4-17(5-7-19)15-28-25(32)21-14-18-13-20(31(33)34)8-9-22(18)30-12-11-29(16-23(21)30)24-3-1-2-10-27-24/h1-10,13,21,23H,11-12,14-16H2,(H,28,32)/t21-,23+/m1/s1. The van der Waals surface area contributed by atoms with Crippen molar-refractivity contribution in [3.05, 3.63) is 93.9 Å². The molecule has 3 heterocycles. The zero-order valence-corrected chi connectivity index (χ0v) is 18.4. The minimum absolute atomic E-state index is 0.0230. The fourth-order valence-electron chi connectivity index (χ4n) is 4.89. The van der Waals surface area contributed by atoms with Crippen LogP contribution >= 0.6 is 0 Å². The van der Waals surface area contributed by atoms with Gasteiger partial charge in [0.1, 0.15) is 11.6 Å². The highest BCUT2D eigenvalue weighted by Gasteiger charge is 2.42. The number of hydrogen-bond acceptors (Lipinski definition) is 6. The molecular weight excluding hydrogens is 437 g/mol. The molecule has 0 spiro atoms. The van der Waals surface area contributed by atoms with Gasteiger partial charge in [-0.05, 0) is 47.9 Å². The maximum Gasteiger partial charge on any atom is 0.269 e. The van der Waals surface area contributed by atoms with E-state index in [1.165, 1.54) is 18.2 Å². The van der Waals surface area contributed by atoms with Crippen molar-refractivity contribution in [3.8, 4) is 0 Å². The number of pyridine rings is 1. The zero-order chi connectivity index (χ0) is 23.7. The third-order valence-electron chi connectivity index (χ3n) is 6.60. The van der Waals surface area contributed by atoms with Gasteiger partial charge in [0.2, 0.25) is 5.91 Å². The average molecular weight is 461 g/mol. The van der Waals surface area contributed by atoms with E-state index in [0.717, 1.165) is 29.2 Å². The third-order valence-corrected chi connectivity index (χ3v) is 6.60. The lowest BCUT2D eigenvalue weighted by atomic mass is 9.83. The Morgan fingerprint density at radius 2 is 1.97 bits per heavy atom. The number of nitrogens with one attached hydrogen (secondary N) is 1. The molecule has 0 radical (unpaired) electrons. The first-order valence-corrected chi connectivity index (χ1v) is 11.2. The van der Waals surface area contributed by atoms with Crippen molar-refractivity contribution in [2.75, 3.05) is 29.4 Å². The molecule has 0 aliphatic carbocycles. The Morgan fingerprint density at radius 1 is 1.15 bits per heavy atom. The molecule has 0 saturated carbocycles. The molecule has 1 fully saturated rings. The third kappa shape index (κ3) is 4.28. The van der Waals surface area contributed by atoms with Crippen LogP contribution in [0.4, 0.5) is 21.6 Å². The minimum Gasteiger partial charge on any atom is -0.364 e. The van der Waals surface area contributed by atoms with Gasteiger partial charge in [-0.3, -0.25) is 14.9 Å². The van der Waals surface area contributed by atoms with Crippen LogP contribution in [0.1, 0.15) is 11.1 Å². The van der Waals surface area contributed by atoms with E-state index in [1.54, 1.807) is 30.5 Å². The van der Waals surface area contributed by atoms with Gasteiger partial charge in [-0.2, -0.15) is 0 Å². The van der Waals surface area contributed by atoms with Gasteiger partial charge in [0, 0.05) is 50.2 Å². The number of nitro groups is 1. The van der Waals surface area contributed by atoms with Crippen molar-refractivity contribution in [1.29, 1.82) is 0 Å². The summed E-state index contributed by atoms with van der Waals surface area (Å²) in [6.07, 6.45) is 2.16. The number of halogens is 1. The lowest BCUT2D eigenvalue weighted by Gasteiger charge is -2.49. The summed E-state index contributed by atoms with van der Waals surface area (Å²) in [6, 6.07) is 16.6. The number of amides is 1. The van der Waals surface area contributed by atoms with Crippen molar-refractivity contribution in [2.45, 2.75) is 19.0 Å². The van der Waals surface area contributed by atoms with E-state index in [9.17, 15) is 19.3 Å². The Morgan fingerprint density at radius 3 is 2.71 bits per heavy atom. The van der Waals surface area contributed by atoms with Gasteiger partial charge < -0.3 is 15.1 Å². The number of non-ortho nitro benzene ring substituents is 1. The van der Waals surface area contributed by atoms with Crippen LogP contribution in [0.5, 0.6) is 0 Å². The van der Waals surface area contributed by atoms with E-state index in [2.05, 4.69) is 20.1 Å². The molecule has 5 rings (SSSR count). The lowest BCUT2D eigenvalue weighted by molar-refractivity contribution is -0.384. The van der Waals surface area contributed by atoms with Gasteiger partial charge in [-0.25, -0.2) is 9.37 Å². The predicted octanol–water partition coefficient (Wildman–Crippen LogP) is 3.31. The van der Waals surface area contributed by atoms with Crippen LogP contribution in [-0.2, 0) is 17.8 Å². The second-order valence-corrected chi connectivity index (χ2v) is 8.62. The van der Waals surface area contributed by atoms with Gasteiger partial charge >= 0.3 is 0 Å². The first kappa shape index (κ1) is 21.8. The number of hydrogen-bond donors (Lipinski definition) is 1. The summed E-state index contributed by atoms with van der Waals surface area (Å²) < 4.78 is 13.2. The highest BCUT2D eigenvalue weighted by Crippen LogP contribution is 2.38. The first-order chi connectivity index (χ1) is 16.5. The van der Waals surface area contributed by atoms with Gasteiger partial charge in [0.15, 0.2) is 0 Å². The van der Waals surface area contributed by atoms with Crippen LogP contribution < -0.4 is 15.1 Å². The van der Waals surface area contributed by atoms with Gasteiger partial charge in [0.05, 0.1) is 16.9 Å². The number of carbonyl (C=O) groups is 1. The Balaban J connectivity index is 1.42. The highest BCUT2D eigenvalue weighted by molar-refractivity contribution is 5.82. The molecule has 174 valence electrons. The van der Waals surface area contributed by atoms with Crippen LogP contribution in [0.25, 0.3) is 0 Å². The first-order valence-electron chi connectivity index (χ1n) is 11.2. The summed E-state index contributed by atoms with van der Waals surface area (Å²) in [4.78, 5) is 33.2. The molecule has 9 heteroatoms. The van der Waals surface area contributed by atoms with E-state index >= 15 is 0 Å². The van der Waals surface area contributed by atoms with E-state index in [4.69, 9.17) is 0 Å². The summed E-state index contributed by atoms with van der Waals surface area (Å²) >= 11 is 0. The number of nitrogens with zero attached hydrogens (tertiary/aromatic N) is 4. The fourth-order valence-corrected chi connectivity index (χ4v) is 4.89. The van der Waals surface area contributed by atoms with Crippen LogP contribution in [0.2, 0.25) is 0 Å². The molecule has 1 saturated heterocycles. The van der Waals surface area contributed by atoms with Gasteiger partial charge in [-0.15, -0.1) is 0 Å². The molecule has 0 unspecified atom stereocenters. The quantitative estimate of drug-likeness (QED) is 0.463. The maximum atomic E-state index is 13.4. The van der Waals surface area contributed by atoms with Gasteiger partial charge in [-0.1, -0.05) is 18.2 Å². The Labute approximate surface area is 196 Å². The van der Waals surface area contributed by atoms with Crippen molar-refractivity contribution in [3.63, 3.8) is 0 Å². The van der Waals surface area contributed by atoms with E-state index in [-0.39, 0.29) is 30.0 Å². The van der Waals surface area contributed by atoms with E-state index < -0.39 is 10.8 Å². The Hall–Kier alpha value is -4.01. The van der Waals surface area contributed by atoms with Crippen molar-refractivity contribution >= 4 is 23.1 Å². The number of carbonyl (C=O) groups excluding carboxylic acids is 1. The molecule has 2 atom stereocenters. The highest BCUT2D eigenvalue weighted by atomic mass is 19.1. The summed E-state index contributed by atoms with van der Waals surface area (Å²) in [6.45, 7) is 2.30. The number of benzene rings is 2. The summed E-state index contributed by atoms with van der Waals surface area (Å²) in [5, 5.41) is 14.3. The number of nitro benzene ring substituents is 1. The number of anilines is 2. The summed E-state index contributed by atoms with van der Waals surface area (Å²) in [7, 11) is 0. The maximum absolute atomic E-state index is 13.4. The zero-order valence-electron chi connectivity index (χ0n) is 18.4. The number of piperazine rings is 1. The SMILES string of the molecule is O=C(NCc1ccc(F)cc1)[C@@H]1Cc2cc([N+](=O)[O-])ccc2N2CCN(c3ccccn3)C[C@@H]12. The van der Waals surface area contributed by atoms with Crippen LogP contribution in [0.15, 0.2) is 66.9 Å². The number of rotatable bonds is 5. The normalized spacial score (nSPS) is 19.2. The van der Waals surface area contributed by atoms with Crippen LogP contribution in [-0.4, -0.2) is 41.5 Å². The monoisotopic (exact) mass is 461 g/mol. The molecule has 2 aliphatic rings. The molecule has 1 aromatic heterocycles. The molecular formula is C25H24FN5O3. The van der Waals surface area contributed by atoms with E-state index in [1.807, 2.05) is 18.2 Å². The Bertz CT molecular complexity index is 1200. The van der Waals surface area contributed by atoms with Crippen LogP contribution in [0, 0.1) is 21.8 Å². The molecule has 34 heavy (non-hydrogen) atoms. The lowest BCUT2D eigenvalue weighted by Crippen LogP contribution is -2.61. The largest absolute Gasteiger partial charge is 0.364 e. The topological polar surface area (TPSA) is 91.6 Å². The van der Waals surface area contributed by atoms with Crippen molar-refractivity contribution in [2.24, 2.45) is 5.92 Å². The second-order valence-electron chi connectivity index (χ2n) is 8.62. The smallest absolute Gasteiger partial charge is 0.269 e. The molecule has 3 aromatic rings. The molecule has 8 nitrogen and oxygen atoms in total. The average Bonchev–Trinajstić information content (AvgIpc) is 2.87. The minimum atomic E-state index is -0.408. The molecule has 2 aliphatic heterocycles. The fraction of sp³-hybridized carbons (Fsp3) is 0.280. The predicted molar refractivity (Wildman–Crippen MR) is 126 cm³/mol. The number of aromatic nitrogens is 1. The summed E-state index contributed by atoms with van der Waals surface area (Å²) in [5.74, 6) is 0.0101. The summed E-state index contributed by atoms with van der Waals surface area (Å²) in [5.41, 5.74) is 2.57. The molecule has 0 bridgehead atoms. The molecule has 1 amide bonds. The van der Waals surface area contributed by atoms with Crippen LogP contribution in [0.3, 0.4) is 0 Å². The molecule has 1 N–H and O–H groups in total.